The topological polar surface area (TPSA) is 98.1 Å². The van der Waals surface area contributed by atoms with Gasteiger partial charge in [0.05, 0.1) is 23.6 Å². The van der Waals surface area contributed by atoms with Crippen LogP contribution in [0.25, 0.3) is 22.3 Å². The van der Waals surface area contributed by atoms with Crippen LogP contribution >= 0.6 is 0 Å². The van der Waals surface area contributed by atoms with Gasteiger partial charge in [-0.1, -0.05) is 20.8 Å². The second kappa shape index (κ2) is 5.55. The lowest BCUT2D eigenvalue weighted by molar-refractivity contribution is 0.279. The van der Waals surface area contributed by atoms with E-state index in [0.29, 0.717) is 17.7 Å². The Morgan fingerprint density at radius 2 is 1.77 bits per heavy atom. The lowest BCUT2D eigenvalue weighted by Crippen LogP contribution is -2.31. The Kier molecular flexibility index (Phi) is 3.54. The van der Waals surface area contributed by atoms with E-state index >= 15 is 0 Å². The van der Waals surface area contributed by atoms with Gasteiger partial charge in [0, 0.05) is 18.0 Å². The Labute approximate surface area is 151 Å². The van der Waals surface area contributed by atoms with Crippen molar-refractivity contribution >= 4 is 22.3 Å². The zero-order valence-electron chi connectivity index (χ0n) is 15.6. The highest BCUT2D eigenvalue weighted by Crippen LogP contribution is 2.23. The SMILES string of the molecule is CC(C)(C)c1nc2nc(CC(C)(C)n3nc4ccncc4n3)cnc2[nH]1. The quantitative estimate of drug-likeness (QED) is 0.610. The Morgan fingerprint density at radius 1 is 1.00 bits per heavy atom. The van der Waals surface area contributed by atoms with Crippen LogP contribution in [0.15, 0.2) is 24.7 Å². The van der Waals surface area contributed by atoms with Crippen molar-refractivity contribution in [3.63, 3.8) is 0 Å². The van der Waals surface area contributed by atoms with Crippen molar-refractivity contribution < 1.29 is 0 Å². The molecule has 4 aromatic rings. The molecule has 0 amide bonds. The summed E-state index contributed by atoms with van der Waals surface area (Å²) in [5.74, 6) is 0.886. The summed E-state index contributed by atoms with van der Waals surface area (Å²) in [7, 11) is 0. The molecule has 4 aromatic heterocycles. The first-order valence-electron chi connectivity index (χ1n) is 8.62. The highest BCUT2D eigenvalue weighted by atomic mass is 15.5. The third-order valence-corrected chi connectivity index (χ3v) is 4.31. The number of aromatic amines is 1. The maximum absolute atomic E-state index is 4.69. The van der Waals surface area contributed by atoms with E-state index in [2.05, 4.69) is 69.7 Å². The summed E-state index contributed by atoms with van der Waals surface area (Å²) in [5, 5.41) is 9.13. The Hall–Kier alpha value is -2.90. The number of fused-ring (bicyclic) bond motifs is 2. The van der Waals surface area contributed by atoms with E-state index in [-0.39, 0.29) is 11.0 Å². The first kappa shape index (κ1) is 16.6. The van der Waals surface area contributed by atoms with Crippen molar-refractivity contribution in [2.24, 2.45) is 0 Å². The Bertz CT molecular complexity index is 1050. The monoisotopic (exact) mass is 350 g/mol. The summed E-state index contributed by atoms with van der Waals surface area (Å²) in [4.78, 5) is 22.9. The van der Waals surface area contributed by atoms with Crippen LogP contribution in [0.3, 0.4) is 0 Å². The molecular formula is C18H22N8. The number of hydrogen-bond donors (Lipinski definition) is 1. The van der Waals surface area contributed by atoms with Crippen LogP contribution in [0, 0.1) is 0 Å². The molecule has 134 valence electrons. The molecule has 1 N–H and O–H groups in total. The van der Waals surface area contributed by atoms with Gasteiger partial charge < -0.3 is 4.98 Å². The summed E-state index contributed by atoms with van der Waals surface area (Å²) in [6.07, 6.45) is 5.87. The van der Waals surface area contributed by atoms with Crippen molar-refractivity contribution in [3.05, 3.63) is 36.2 Å². The highest BCUT2D eigenvalue weighted by Gasteiger charge is 2.26. The van der Waals surface area contributed by atoms with E-state index in [9.17, 15) is 0 Å². The summed E-state index contributed by atoms with van der Waals surface area (Å²) < 4.78 is 0. The third kappa shape index (κ3) is 2.91. The van der Waals surface area contributed by atoms with E-state index in [1.54, 1.807) is 23.4 Å². The first-order chi connectivity index (χ1) is 12.2. The number of pyridine rings is 1. The number of rotatable bonds is 3. The first-order valence-corrected chi connectivity index (χ1v) is 8.62. The van der Waals surface area contributed by atoms with Gasteiger partial charge >= 0.3 is 0 Å². The molecule has 26 heavy (non-hydrogen) atoms. The van der Waals surface area contributed by atoms with Crippen molar-refractivity contribution in [1.29, 1.82) is 0 Å². The van der Waals surface area contributed by atoms with Gasteiger partial charge in [0.15, 0.2) is 11.3 Å². The van der Waals surface area contributed by atoms with E-state index in [0.717, 1.165) is 22.6 Å². The van der Waals surface area contributed by atoms with E-state index in [1.807, 2.05) is 6.07 Å². The molecule has 4 rings (SSSR count). The van der Waals surface area contributed by atoms with Gasteiger partial charge in [-0.3, -0.25) is 4.98 Å². The lowest BCUT2D eigenvalue weighted by Gasteiger charge is -2.22. The van der Waals surface area contributed by atoms with Crippen molar-refractivity contribution in [2.75, 3.05) is 0 Å². The lowest BCUT2D eigenvalue weighted by atomic mass is 9.96. The second-order valence-corrected chi connectivity index (χ2v) is 8.21. The van der Waals surface area contributed by atoms with Crippen LogP contribution < -0.4 is 0 Å². The average Bonchev–Trinajstić information content (AvgIpc) is 3.18. The minimum Gasteiger partial charge on any atom is -0.325 e. The summed E-state index contributed by atoms with van der Waals surface area (Å²) in [6, 6.07) is 1.86. The second-order valence-electron chi connectivity index (χ2n) is 8.21. The molecule has 0 atom stereocenters. The predicted molar refractivity (Wildman–Crippen MR) is 98.7 cm³/mol. The largest absolute Gasteiger partial charge is 0.325 e. The number of nitrogens with one attached hydrogen (secondary N) is 1. The highest BCUT2D eigenvalue weighted by molar-refractivity contribution is 5.71. The van der Waals surface area contributed by atoms with Gasteiger partial charge in [-0.2, -0.15) is 15.0 Å². The number of hydrogen-bond acceptors (Lipinski definition) is 6. The number of aromatic nitrogens is 8. The van der Waals surface area contributed by atoms with Gasteiger partial charge in [0.25, 0.3) is 0 Å². The predicted octanol–water partition coefficient (Wildman–Crippen LogP) is 2.77. The Balaban J connectivity index is 1.66. The van der Waals surface area contributed by atoms with Crippen LogP contribution in [0.2, 0.25) is 0 Å². The molecule has 0 saturated heterocycles. The minimum absolute atomic E-state index is 0.0745. The van der Waals surface area contributed by atoms with Crippen LogP contribution in [-0.2, 0) is 17.4 Å². The number of imidazole rings is 1. The van der Waals surface area contributed by atoms with Gasteiger partial charge in [-0.25, -0.2) is 15.0 Å². The fourth-order valence-electron chi connectivity index (χ4n) is 2.82. The van der Waals surface area contributed by atoms with E-state index < -0.39 is 0 Å². The molecular weight excluding hydrogens is 328 g/mol. The molecule has 0 aliphatic heterocycles. The van der Waals surface area contributed by atoms with Crippen LogP contribution in [0.1, 0.15) is 46.1 Å². The smallest absolute Gasteiger partial charge is 0.197 e. The van der Waals surface area contributed by atoms with Crippen LogP contribution in [-0.4, -0.2) is 39.9 Å². The molecule has 8 heteroatoms. The van der Waals surface area contributed by atoms with Gasteiger partial charge in [-0.15, -0.1) is 0 Å². The van der Waals surface area contributed by atoms with Gasteiger partial charge in [-0.05, 0) is 19.9 Å². The zero-order chi connectivity index (χ0) is 18.5. The molecule has 0 saturated carbocycles. The van der Waals surface area contributed by atoms with Gasteiger partial charge in [0.1, 0.15) is 16.9 Å². The molecule has 0 aromatic carbocycles. The fraction of sp³-hybridized carbons (Fsp3) is 0.444. The molecule has 0 bridgehead atoms. The van der Waals surface area contributed by atoms with Crippen molar-refractivity contribution in [1.82, 2.24) is 39.9 Å². The molecule has 0 aliphatic rings. The van der Waals surface area contributed by atoms with Crippen molar-refractivity contribution in [2.45, 2.75) is 52.0 Å². The van der Waals surface area contributed by atoms with Gasteiger partial charge in [0.2, 0.25) is 0 Å². The minimum atomic E-state index is -0.357. The number of H-pyrrole nitrogens is 1. The maximum Gasteiger partial charge on any atom is 0.197 e. The zero-order valence-corrected chi connectivity index (χ0v) is 15.6. The molecule has 8 nitrogen and oxygen atoms in total. The standard InChI is InChI=1S/C18H22N8/c1-17(2,3)16-22-14-15(23-16)21-11(9-20-14)8-18(4,5)26-24-12-6-7-19-10-13(12)25-26/h6-7,9-10H,8H2,1-5H3,(H,20,21,22,23). The summed E-state index contributed by atoms with van der Waals surface area (Å²) in [6.45, 7) is 10.5. The molecule has 0 spiro atoms. The maximum atomic E-state index is 4.69. The Morgan fingerprint density at radius 3 is 2.50 bits per heavy atom. The van der Waals surface area contributed by atoms with E-state index in [1.165, 1.54) is 0 Å². The van der Waals surface area contributed by atoms with Crippen LogP contribution in [0.5, 0.6) is 0 Å². The normalized spacial score (nSPS) is 13.0. The van der Waals surface area contributed by atoms with Crippen molar-refractivity contribution in [3.8, 4) is 0 Å². The molecule has 0 aliphatic carbocycles. The fourth-order valence-corrected chi connectivity index (χ4v) is 2.82. The summed E-state index contributed by atoms with van der Waals surface area (Å²) in [5.41, 5.74) is 3.39. The molecule has 0 unspecified atom stereocenters. The third-order valence-electron chi connectivity index (χ3n) is 4.31. The average molecular weight is 350 g/mol. The number of nitrogens with zero attached hydrogens (tertiary/aromatic N) is 7. The molecule has 0 fully saturated rings. The van der Waals surface area contributed by atoms with E-state index in [4.69, 9.17) is 0 Å². The van der Waals surface area contributed by atoms with Crippen LogP contribution in [0.4, 0.5) is 0 Å². The molecule has 4 heterocycles. The summed E-state index contributed by atoms with van der Waals surface area (Å²) >= 11 is 0. The molecule has 0 radical (unpaired) electrons.